The second-order valence-corrected chi connectivity index (χ2v) is 3.97. The molecule has 18 heavy (non-hydrogen) atoms. The number of pyridine rings is 1. The van der Waals surface area contributed by atoms with Gasteiger partial charge in [-0.3, -0.25) is 4.98 Å². The Morgan fingerprint density at radius 1 is 1.33 bits per heavy atom. The molecule has 0 fully saturated rings. The summed E-state index contributed by atoms with van der Waals surface area (Å²) >= 11 is 0. The zero-order valence-corrected chi connectivity index (χ0v) is 10.5. The highest BCUT2D eigenvalue weighted by molar-refractivity contribution is 5.96. The minimum atomic E-state index is -0.287. The van der Waals surface area contributed by atoms with Gasteiger partial charge in [0.05, 0.1) is 12.1 Å². The summed E-state index contributed by atoms with van der Waals surface area (Å²) in [7, 11) is 0. The molecule has 3 heteroatoms. The molecule has 2 rings (SSSR count). The Bertz CT molecular complexity index is 597. The van der Waals surface area contributed by atoms with Crippen LogP contribution in [-0.2, 0) is 9.53 Å². The number of carbonyl (C=O) groups excluding carboxylic acids is 1. The van der Waals surface area contributed by atoms with Crippen molar-refractivity contribution in [1.29, 1.82) is 0 Å². The second-order valence-electron chi connectivity index (χ2n) is 3.97. The van der Waals surface area contributed by atoms with Gasteiger partial charge in [-0.25, -0.2) is 4.79 Å². The maximum atomic E-state index is 11.6. The van der Waals surface area contributed by atoms with Gasteiger partial charge in [0.1, 0.15) is 0 Å². The third kappa shape index (κ3) is 2.56. The van der Waals surface area contributed by atoms with E-state index in [2.05, 4.69) is 4.98 Å². The summed E-state index contributed by atoms with van der Waals surface area (Å²) in [5, 5.41) is 1.06. The lowest BCUT2D eigenvalue weighted by atomic mass is 10.1. The number of fused-ring (bicyclic) bond motifs is 1. The lowest BCUT2D eigenvalue weighted by molar-refractivity contribution is -0.138. The van der Waals surface area contributed by atoms with Crippen molar-refractivity contribution in [2.24, 2.45) is 0 Å². The van der Waals surface area contributed by atoms with E-state index in [1.165, 1.54) is 0 Å². The summed E-state index contributed by atoms with van der Waals surface area (Å²) in [6.07, 6.45) is 3.56. The SMILES string of the molecule is CCOC(=O)/C(C)=C/c1cccc2cccnc12. The van der Waals surface area contributed by atoms with Gasteiger partial charge < -0.3 is 4.74 Å². The molecular weight excluding hydrogens is 226 g/mol. The van der Waals surface area contributed by atoms with E-state index in [-0.39, 0.29) is 5.97 Å². The van der Waals surface area contributed by atoms with Crippen LogP contribution in [0.3, 0.4) is 0 Å². The molecule has 1 aromatic carbocycles. The van der Waals surface area contributed by atoms with Gasteiger partial charge in [-0.1, -0.05) is 24.3 Å². The largest absolute Gasteiger partial charge is 0.463 e. The maximum absolute atomic E-state index is 11.6. The van der Waals surface area contributed by atoms with E-state index in [0.29, 0.717) is 12.2 Å². The lowest BCUT2D eigenvalue weighted by Crippen LogP contribution is -2.04. The predicted octanol–water partition coefficient (Wildman–Crippen LogP) is 3.20. The number of nitrogens with zero attached hydrogens (tertiary/aromatic N) is 1. The highest BCUT2D eigenvalue weighted by atomic mass is 16.5. The topological polar surface area (TPSA) is 39.2 Å². The first-order valence-electron chi connectivity index (χ1n) is 5.91. The number of ether oxygens (including phenoxy) is 1. The molecular formula is C15H15NO2. The molecule has 0 bridgehead atoms. The molecule has 1 aromatic heterocycles. The number of carbonyl (C=O) groups is 1. The van der Waals surface area contributed by atoms with Gasteiger partial charge >= 0.3 is 5.97 Å². The smallest absolute Gasteiger partial charge is 0.333 e. The second kappa shape index (κ2) is 5.45. The van der Waals surface area contributed by atoms with Gasteiger partial charge in [-0.2, -0.15) is 0 Å². The minimum Gasteiger partial charge on any atom is -0.463 e. The van der Waals surface area contributed by atoms with Crippen molar-refractivity contribution in [3.63, 3.8) is 0 Å². The van der Waals surface area contributed by atoms with Crippen molar-refractivity contribution in [1.82, 2.24) is 4.98 Å². The van der Waals surface area contributed by atoms with Gasteiger partial charge in [0.2, 0.25) is 0 Å². The summed E-state index contributed by atoms with van der Waals surface area (Å²) in [5.41, 5.74) is 2.40. The number of rotatable bonds is 3. The third-order valence-corrected chi connectivity index (χ3v) is 2.63. The molecule has 0 aliphatic rings. The molecule has 0 spiro atoms. The van der Waals surface area contributed by atoms with Gasteiger partial charge in [-0.15, -0.1) is 0 Å². The molecule has 0 aliphatic heterocycles. The average Bonchev–Trinajstić information content (AvgIpc) is 2.39. The summed E-state index contributed by atoms with van der Waals surface area (Å²) < 4.78 is 4.96. The normalized spacial score (nSPS) is 11.6. The van der Waals surface area contributed by atoms with Crippen LogP contribution in [-0.4, -0.2) is 17.6 Å². The summed E-state index contributed by atoms with van der Waals surface area (Å²) in [6, 6.07) is 9.79. The average molecular weight is 241 g/mol. The Morgan fingerprint density at radius 3 is 2.89 bits per heavy atom. The van der Waals surface area contributed by atoms with Crippen LogP contribution in [0.4, 0.5) is 0 Å². The fraction of sp³-hybridized carbons (Fsp3) is 0.200. The van der Waals surface area contributed by atoms with Crippen molar-refractivity contribution < 1.29 is 9.53 Å². The van der Waals surface area contributed by atoms with Gasteiger partial charge in [0, 0.05) is 22.7 Å². The molecule has 0 saturated carbocycles. The number of aromatic nitrogens is 1. The highest BCUT2D eigenvalue weighted by Crippen LogP contribution is 2.18. The van der Waals surface area contributed by atoms with E-state index < -0.39 is 0 Å². The molecule has 0 radical (unpaired) electrons. The Labute approximate surface area is 106 Å². The van der Waals surface area contributed by atoms with Crippen LogP contribution in [0.25, 0.3) is 17.0 Å². The number of esters is 1. The van der Waals surface area contributed by atoms with Crippen LogP contribution in [0.1, 0.15) is 19.4 Å². The molecule has 0 N–H and O–H groups in total. The van der Waals surface area contributed by atoms with Crippen molar-refractivity contribution in [2.75, 3.05) is 6.61 Å². The van der Waals surface area contributed by atoms with Crippen LogP contribution in [0.2, 0.25) is 0 Å². The highest BCUT2D eigenvalue weighted by Gasteiger charge is 2.06. The molecule has 3 nitrogen and oxygen atoms in total. The predicted molar refractivity (Wildman–Crippen MR) is 72.0 cm³/mol. The van der Waals surface area contributed by atoms with Crippen LogP contribution < -0.4 is 0 Å². The molecule has 0 unspecified atom stereocenters. The Kier molecular flexibility index (Phi) is 3.72. The van der Waals surface area contributed by atoms with E-state index in [4.69, 9.17) is 4.74 Å². The number of hydrogen-bond acceptors (Lipinski definition) is 3. The summed E-state index contributed by atoms with van der Waals surface area (Å²) in [4.78, 5) is 15.9. The Balaban J connectivity index is 2.43. The van der Waals surface area contributed by atoms with Crippen LogP contribution in [0, 0.1) is 0 Å². The molecule has 0 amide bonds. The van der Waals surface area contributed by atoms with E-state index >= 15 is 0 Å². The standard InChI is InChI=1S/C15H15NO2/c1-3-18-15(17)11(2)10-13-7-4-6-12-8-5-9-16-14(12)13/h4-10H,3H2,1-2H3/b11-10+. The van der Waals surface area contributed by atoms with Crippen LogP contribution in [0.5, 0.6) is 0 Å². The number of benzene rings is 1. The Morgan fingerprint density at radius 2 is 2.11 bits per heavy atom. The molecule has 1 heterocycles. The van der Waals surface area contributed by atoms with Crippen molar-refractivity contribution in [3.8, 4) is 0 Å². The Hall–Kier alpha value is -2.16. The van der Waals surface area contributed by atoms with Crippen LogP contribution in [0.15, 0.2) is 42.1 Å². The zero-order chi connectivity index (χ0) is 13.0. The van der Waals surface area contributed by atoms with Crippen molar-refractivity contribution in [2.45, 2.75) is 13.8 Å². The van der Waals surface area contributed by atoms with Gasteiger partial charge in [0.15, 0.2) is 0 Å². The van der Waals surface area contributed by atoms with E-state index in [1.807, 2.05) is 36.4 Å². The molecule has 0 aliphatic carbocycles. The third-order valence-electron chi connectivity index (χ3n) is 2.63. The van der Waals surface area contributed by atoms with Crippen molar-refractivity contribution >= 4 is 22.9 Å². The number of para-hydroxylation sites is 1. The minimum absolute atomic E-state index is 0.287. The lowest BCUT2D eigenvalue weighted by Gasteiger charge is -2.04. The quantitative estimate of drug-likeness (QED) is 0.612. The first kappa shape index (κ1) is 12.3. The fourth-order valence-corrected chi connectivity index (χ4v) is 1.78. The van der Waals surface area contributed by atoms with Gasteiger partial charge in [-0.05, 0) is 26.0 Å². The van der Waals surface area contributed by atoms with E-state index in [1.54, 1.807) is 20.0 Å². The first-order chi connectivity index (χ1) is 8.72. The molecule has 2 aromatic rings. The fourth-order valence-electron chi connectivity index (χ4n) is 1.78. The van der Waals surface area contributed by atoms with Crippen LogP contribution >= 0.6 is 0 Å². The molecule has 0 atom stereocenters. The van der Waals surface area contributed by atoms with E-state index in [9.17, 15) is 4.79 Å². The molecule has 92 valence electrons. The summed E-state index contributed by atoms with van der Waals surface area (Å²) in [5.74, 6) is -0.287. The number of hydrogen-bond donors (Lipinski definition) is 0. The van der Waals surface area contributed by atoms with E-state index in [0.717, 1.165) is 16.5 Å². The monoisotopic (exact) mass is 241 g/mol. The molecule has 0 saturated heterocycles. The first-order valence-corrected chi connectivity index (χ1v) is 5.91. The maximum Gasteiger partial charge on any atom is 0.333 e. The van der Waals surface area contributed by atoms with Crippen molar-refractivity contribution in [3.05, 3.63) is 47.7 Å². The summed E-state index contributed by atoms with van der Waals surface area (Å²) in [6.45, 7) is 3.93. The van der Waals surface area contributed by atoms with Gasteiger partial charge in [0.25, 0.3) is 0 Å². The zero-order valence-electron chi connectivity index (χ0n) is 10.5.